The topological polar surface area (TPSA) is 50.2 Å². The molecule has 0 atom stereocenters. The number of fused-ring (bicyclic) bond motifs is 1. The molecule has 0 aliphatic carbocycles. The predicted octanol–water partition coefficient (Wildman–Crippen LogP) is 4.08. The van der Waals surface area contributed by atoms with Crippen molar-refractivity contribution in [2.75, 3.05) is 0 Å². The van der Waals surface area contributed by atoms with Crippen LogP contribution in [-0.2, 0) is 0 Å². The highest BCUT2D eigenvalue weighted by Gasteiger charge is 2.11. The first kappa shape index (κ1) is 12.7. The minimum Gasteiger partial charge on any atom is -0.477 e. The number of rotatable bonds is 3. The van der Waals surface area contributed by atoms with E-state index in [1.165, 1.54) is 0 Å². The molecule has 20 heavy (non-hydrogen) atoms. The van der Waals surface area contributed by atoms with E-state index in [0.29, 0.717) is 5.52 Å². The van der Waals surface area contributed by atoms with Gasteiger partial charge in [0.05, 0.1) is 5.52 Å². The Kier molecular flexibility index (Phi) is 3.39. The summed E-state index contributed by atoms with van der Waals surface area (Å²) in [6, 6.07) is 19.1. The molecular formula is C16H11NO2S. The summed E-state index contributed by atoms with van der Waals surface area (Å²) in [5, 5.41) is 10.1. The van der Waals surface area contributed by atoms with Crippen LogP contribution in [0.25, 0.3) is 10.9 Å². The second-order valence-electron chi connectivity index (χ2n) is 4.24. The zero-order valence-electron chi connectivity index (χ0n) is 10.5. The van der Waals surface area contributed by atoms with Crippen LogP contribution in [0, 0.1) is 0 Å². The highest BCUT2D eigenvalue weighted by Crippen LogP contribution is 2.33. The van der Waals surface area contributed by atoms with Crippen molar-refractivity contribution >= 4 is 28.6 Å². The molecule has 0 amide bonds. The van der Waals surface area contributed by atoms with Gasteiger partial charge in [-0.3, -0.25) is 0 Å². The van der Waals surface area contributed by atoms with Crippen LogP contribution >= 0.6 is 11.8 Å². The quantitative estimate of drug-likeness (QED) is 0.785. The molecule has 3 rings (SSSR count). The van der Waals surface area contributed by atoms with Crippen LogP contribution in [-0.4, -0.2) is 16.1 Å². The summed E-state index contributed by atoms with van der Waals surface area (Å²) in [5.74, 6) is -1.01. The lowest BCUT2D eigenvalue weighted by molar-refractivity contribution is 0.0690. The van der Waals surface area contributed by atoms with Gasteiger partial charge in [0.15, 0.2) is 0 Å². The number of pyridine rings is 1. The number of hydrogen-bond donors (Lipinski definition) is 1. The van der Waals surface area contributed by atoms with Crippen LogP contribution < -0.4 is 0 Å². The molecule has 1 heterocycles. The largest absolute Gasteiger partial charge is 0.477 e. The van der Waals surface area contributed by atoms with Gasteiger partial charge in [-0.05, 0) is 24.3 Å². The van der Waals surface area contributed by atoms with E-state index in [9.17, 15) is 4.79 Å². The van der Waals surface area contributed by atoms with Crippen molar-refractivity contribution in [3.63, 3.8) is 0 Å². The van der Waals surface area contributed by atoms with E-state index in [2.05, 4.69) is 4.98 Å². The van der Waals surface area contributed by atoms with Gasteiger partial charge in [0.1, 0.15) is 5.69 Å². The number of aromatic carboxylic acids is 1. The third kappa shape index (κ3) is 2.51. The highest BCUT2D eigenvalue weighted by molar-refractivity contribution is 7.99. The number of benzene rings is 2. The molecule has 0 unspecified atom stereocenters. The molecule has 3 aromatic rings. The zero-order chi connectivity index (χ0) is 13.9. The van der Waals surface area contributed by atoms with Crippen LogP contribution in [0.5, 0.6) is 0 Å². The lowest BCUT2D eigenvalue weighted by Crippen LogP contribution is -2.00. The molecule has 0 saturated heterocycles. The number of para-hydroxylation sites is 1. The number of aromatic nitrogens is 1. The SMILES string of the molecule is O=C(O)c1cc(Sc2ccccc2)c2ccccc2n1. The summed E-state index contributed by atoms with van der Waals surface area (Å²) >= 11 is 1.55. The van der Waals surface area contributed by atoms with Gasteiger partial charge in [0.25, 0.3) is 0 Å². The molecule has 0 saturated carbocycles. The molecule has 1 N–H and O–H groups in total. The highest BCUT2D eigenvalue weighted by atomic mass is 32.2. The second kappa shape index (κ2) is 5.35. The Morgan fingerprint density at radius 3 is 2.45 bits per heavy atom. The predicted molar refractivity (Wildman–Crippen MR) is 79.3 cm³/mol. The Morgan fingerprint density at radius 2 is 1.70 bits per heavy atom. The molecule has 1 aromatic heterocycles. The van der Waals surface area contributed by atoms with Crippen LogP contribution in [0.2, 0.25) is 0 Å². The summed E-state index contributed by atoms with van der Waals surface area (Å²) in [7, 11) is 0. The standard InChI is InChI=1S/C16H11NO2S/c18-16(19)14-10-15(20-11-6-2-1-3-7-11)12-8-4-5-9-13(12)17-14/h1-10H,(H,18,19). The van der Waals surface area contributed by atoms with Crippen molar-refractivity contribution < 1.29 is 9.90 Å². The third-order valence-corrected chi connectivity index (χ3v) is 3.93. The molecule has 0 fully saturated rings. The third-order valence-electron chi connectivity index (χ3n) is 2.87. The average Bonchev–Trinajstić information content (AvgIpc) is 2.48. The van der Waals surface area contributed by atoms with Gasteiger partial charge in [-0.25, -0.2) is 9.78 Å². The zero-order valence-corrected chi connectivity index (χ0v) is 11.3. The monoisotopic (exact) mass is 281 g/mol. The molecular weight excluding hydrogens is 270 g/mol. The van der Waals surface area contributed by atoms with Crippen molar-refractivity contribution in [2.24, 2.45) is 0 Å². The second-order valence-corrected chi connectivity index (χ2v) is 5.36. The van der Waals surface area contributed by atoms with Gasteiger partial charge >= 0.3 is 5.97 Å². The maximum absolute atomic E-state index is 11.2. The fraction of sp³-hybridized carbons (Fsp3) is 0. The fourth-order valence-electron chi connectivity index (χ4n) is 1.95. The number of carboxylic acids is 1. The number of hydrogen-bond acceptors (Lipinski definition) is 3. The lowest BCUT2D eigenvalue weighted by atomic mass is 10.2. The van der Waals surface area contributed by atoms with E-state index < -0.39 is 5.97 Å². The van der Waals surface area contributed by atoms with E-state index in [1.54, 1.807) is 17.8 Å². The van der Waals surface area contributed by atoms with E-state index in [-0.39, 0.29) is 5.69 Å². The molecule has 0 aliphatic heterocycles. The van der Waals surface area contributed by atoms with Gasteiger partial charge < -0.3 is 5.11 Å². The Labute approximate surface area is 120 Å². The summed E-state index contributed by atoms with van der Waals surface area (Å²) in [5.41, 5.74) is 0.771. The van der Waals surface area contributed by atoms with Crippen LogP contribution in [0.15, 0.2) is 70.5 Å². The summed E-state index contributed by atoms with van der Waals surface area (Å²) in [6.07, 6.45) is 0. The lowest BCUT2D eigenvalue weighted by Gasteiger charge is -2.07. The fourth-order valence-corrected chi connectivity index (χ4v) is 2.95. The molecule has 3 nitrogen and oxygen atoms in total. The van der Waals surface area contributed by atoms with Gasteiger partial charge in [-0.15, -0.1) is 0 Å². The van der Waals surface area contributed by atoms with Gasteiger partial charge in [-0.1, -0.05) is 48.2 Å². The van der Waals surface area contributed by atoms with Crippen molar-refractivity contribution in [1.29, 1.82) is 0 Å². The number of nitrogens with zero attached hydrogens (tertiary/aromatic N) is 1. The summed E-state index contributed by atoms with van der Waals surface area (Å²) < 4.78 is 0. The van der Waals surface area contributed by atoms with Gasteiger partial charge in [-0.2, -0.15) is 0 Å². The molecule has 0 aliphatic rings. The molecule has 2 aromatic carbocycles. The maximum atomic E-state index is 11.2. The van der Waals surface area contributed by atoms with E-state index in [4.69, 9.17) is 5.11 Å². The van der Waals surface area contributed by atoms with Crippen LogP contribution in [0.1, 0.15) is 10.5 Å². The minimum atomic E-state index is -1.01. The first-order valence-electron chi connectivity index (χ1n) is 6.10. The maximum Gasteiger partial charge on any atom is 0.354 e. The minimum absolute atomic E-state index is 0.0714. The van der Waals surface area contributed by atoms with E-state index >= 15 is 0 Å². The number of carbonyl (C=O) groups is 1. The molecule has 0 bridgehead atoms. The smallest absolute Gasteiger partial charge is 0.354 e. The normalized spacial score (nSPS) is 10.6. The molecule has 4 heteroatoms. The average molecular weight is 281 g/mol. The van der Waals surface area contributed by atoms with E-state index in [0.717, 1.165) is 15.2 Å². The summed E-state index contributed by atoms with van der Waals surface area (Å²) in [6.45, 7) is 0. The molecule has 98 valence electrons. The molecule has 0 radical (unpaired) electrons. The van der Waals surface area contributed by atoms with Crippen molar-refractivity contribution in [1.82, 2.24) is 4.98 Å². The van der Waals surface area contributed by atoms with Gasteiger partial charge in [0, 0.05) is 15.2 Å². The Balaban J connectivity index is 2.15. The van der Waals surface area contributed by atoms with Crippen molar-refractivity contribution in [3.05, 3.63) is 66.4 Å². The van der Waals surface area contributed by atoms with E-state index in [1.807, 2.05) is 54.6 Å². The van der Waals surface area contributed by atoms with Crippen LogP contribution in [0.3, 0.4) is 0 Å². The van der Waals surface area contributed by atoms with Crippen LogP contribution in [0.4, 0.5) is 0 Å². The van der Waals surface area contributed by atoms with Crippen molar-refractivity contribution in [3.8, 4) is 0 Å². The Hall–Kier alpha value is -2.33. The first-order chi connectivity index (χ1) is 9.74. The Morgan fingerprint density at radius 1 is 1.00 bits per heavy atom. The first-order valence-corrected chi connectivity index (χ1v) is 6.92. The van der Waals surface area contributed by atoms with Gasteiger partial charge in [0.2, 0.25) is 0 Å². The van der Waals surface area contributed by atoms with Crippen molar-refractivity contribution in [2.45, 2.75) is 9.79 Å². The molecule has 0 spiro atoms. The summed E-state index contributed by atoms with van der Waals surface area (Å²) in [4.78, 5) is 17.3. The Bertz CT molecular complexity index is 772. The number of carboxylic acid groups (broad SMARTS) is 1.